The fourth-order valence-corrected chi connectivity index (χ4v) is 1.11. The van der Waals surface area contributed by atoms with E-state index in [0.29, 0.717) is 0 Å². The van der Waals surface area contributed by atoms with Crippen molar-refractivity contribution in [1.82, 2.24) is 4.72 Å². The molecule has 0 aromatic carbocycles. The van der Waals surface area contributed by atoms with Gasteiger partial charge in [-0.25, -0.2) is 13.1 Å². The summed E-state index contributed by atoms with van der Waals surface area (Å²) in [6, 6.07) is -1.06. The van der Waals surface area contributed by atoms with Crippen LogP contribution < -0.4 is 4.72 Å². The van der Waals surface area contributed by atoms with E-state index in [0.717, 1.165) is 6.26 Å². The van der Waals surface area contributed by atoms with Gasteiger partial charge in [-0.15, -0.1) is 12.4 Å². The van der Waals surface area contributed by atoms with E-state index < -0.39 is 22.0 Å². The lowest BCUT2D eigenvalue weighted by atomic mass is 10.4. The second-order valence-electron chi connectivity index (χ2n) is 1.95. The molecule has 0 fully saturated rings. The highest BCUT2D eigenvalue weighted by atomic mass is 35.5. The van der Waals surface area contributed by atoms with Crippen molar-refractivity contribution in [2.75, 3.05) is 6.26 Å². The molecule has 1 atom stereocenters. The minimum absolute atomic E-state index is 0. The van der Waals surface area contributed by atoms with Gasteiger partial charge in [0.05, 0.1) is 6.26 Å². The van der Waals surface area contributed by atoms with Crippen LogP contribution in [-0.2, 0) is 14.8 Å². The zero-order chi connectivity index (χ0) is 8.36. The maximum absolute atomic E-state index is 10.4. The van der Waals surface area contributed by atoms with Gasteiger partial charge in [0.2, 0.25) is 10.0 Å². The minimum atomic E-state index is -3.40. The summed E-state index contributed by atoms with van der Waals surface area (Å²) < 4.78 is 22.6. The molecule has 0 spiro atoms. The smallest absolute Gasteiger partial charge is 0.321 e. The number of aliphatic carboxylic acids is 1. The summed E-state index contributed by atoms with van der Waals surface area (Å²) in [5.41, 5.74) is 0. The zero-order valence-electron chi connectivity index (χ0n) is 6.07. The molecule has 0 saturated carbocycles. The first-order valence-electron chi connectivity index (χ1n) is 2.53. The molecule has 7 heteroatoms. The third-order valence-corrected chi connectivity index (χ3v) is 1.54. The number of halogens is 1. The lowest BCUT2D eigenvalue weighted by Gasteiger charge is -2.04. The lowest BCUT2D eigenvalue weighted by molar-refractivity contribution is -0.138. The van der Waals surface area contributed by atoms with E-state index in [1.54, 1.807) is 0 Å². The standard InChI is InChI=1S/C4H9NO4S.ClH/c1-3(4(6)7)5-10(2,8)9;/h3,5H,1-2H3,(H,6,7);1H/t3-;/m1./s1. The van der Waals surface area contributed by atoms with E-state index in [9.17, 15) is 13.2 Å². The molecule has 68 valence electrons. The van der Waals surface area contributed by atoms with E-state index in [4.69, 9.17) is 5.11 Å². The molecular weight excluding hydrogens is 194 g/mol. The molecule has 0 saturated heterocycles. The fourth-order valence-electron chi connectivity index (χ4n) is 0.372. The fraction of sp³-hybridized carbons (Fsp3) is 0.750. The van der Waals surface area contributed by atoms with Crippen molar-refractivity contribution in [3.63, 3.8) is 0 Å². The molecule has 0 aliphatic carbocycles. The number of hydrogen-bond donors (Lipinski definition) is 2. The van der Waals surface area contributed by atoms with Crippen molar-refractivity contribution in [3.8, 4) is 0 Å². The summed E-state index contributed by atoms with van der Waals surface area (Å²) in [7, 11) is -3.40. The van der Waals surface area contributed by atoms with Gasteiger partial charge in [0, 0.05) is 0 Å². The van der Waals surface area contributed by atoms with Crippen molar-refractivity contribution >= 4 is 28.4 Å². The summed E-state index contributed by atoms with van der Waals surface area (Å²) in [5, 5.41) is 8.22. The van der Waals surface area contributed by atoms with Crippen LogP contribution in [0.15, 0.2) is 0 Å². The minimum Gasteiger partial charge on any atom is -0.480 e. The van der Waals surface area contributed by atoms with E-state index in [1.165, 1.54) is 6.92 Å². The highest BCUT2D eigenvalue weighted by molar-refractivity contribution is 7.88. The predicted molar refractivity (Wildman–Crippen MR) is 42.3 cm³/mol. The van der Waals surface area contributed by atoms with E-state index in [2.05, 4.69) is 0 Å². The Morgan fingerprint density at radius 2 is 1.91 bits per heavy atom. The maximum atomic E-state index is 10.4. The molecule has 11 heavy (non-hydrogen) atoms. The van der Waals surface area contributed by atoms with Gasteiger partial charge in [0.15, 0.2) is 0 Å². The largest absolute Gasteiger partial charge is 0.480 e. The van der Waals surface area contributed by atoms with Gasteiger partial charge in [0.25, 0.3) is 0 Å². The lowest BCUT2D eigenvalue weighted by Crippen LogP contribution is -2.37. The van der Waals surface area contributed by atoms with Gasteiger partial charge in [-0.1, -0.05) is 0 Å². The number of carboxylic acids is 1. The Labute approximate surface area is 71.3 Å². The summed E-state index contributed by atoms with van der Waals surface area (Å²) in [5.74, 6) is -1.19. The SMILES string of the molecule is C[C@@H](NS(C)(=O)=O)C(=O)O.Cl. The first-order chi connectivity index (χ1) is 4.33. The predicted octanol–water partition coefficient (Wildman–Crippen LogP) is -0.569. The Hall–Kier alpha value is -0.330. The molecule has 0 aliphatic rings. The van der Waals surface area contributed by atoms with Crippen molar-refractivity contribution in [2.45, 2.75) is 13.0 Å². The highest BCUT2D eigenvalue weighted by Gasteiger charge is 2.14. The molecule has 5 nitrogen and oxygen atoms in total. The van der Waals surface area contributed by atoms with E-state index in [-0.39, 0.29) is 12.4 Å². The molecule has 2 N–H and O–H groups in total. The molecule has 0 bridgehead atoms. The number of rotatable bonds is 3. The quantitative estimate of drug-likeness (QED) is 0.644. The highest BCUT2D eigenvalue weighted by Crippen LogP contribution is 1.83. The van der Waals surface area contributed by atoms with Gasteiger partial charge in [-0.2, -0.15) is 0 Å². The molecule has 0 amide bonds. The Balaban J connectivity index is 0. The number of hydrogen-bond acceptors (Lipinski definition) is 3. The first kappa shape index (κ1) is 13.3. The van der Waals surface area contributed by atoms with Gasteiger partial charge in [-0.3, -0.25) is 4.79 Å². The van der Waals surface area contributed by atoms with Gasteiger partial charge >= 0.3 is 5.97 Å². The number of carboxylic acid groups (broad SMARTS) is 1. The van der Waals surface area contributed by atoms with Crippen LogP contribution in [0.4, 0.5) is 0 Å². The van der Waals surface area contributed by atoms with Gasteiger partial charge < -0.3 is 5.11 Å². The van der Waals surface area contributed by atoms with Crippen LogP contribution in [0.1, 0.15) is 6.92 Å². The second kappa shape index (κ2) is 4.53. The van der Waals surface area contributed by atoms with Crippen LogP contribution in [0.3, 0.4) is 0 Å². The van der Waals surface area contributed by atoms with Crippen LogP contribution >= 0.6 is 12.4 Å². The first-order valence-corrected chi connectivity index (χ1v) is 4.42. The molecule has 0 aromatic heterocycles. The van der Waals surface area contributed by atoms with Crippen molar-refractivity contribution in [3.05, 3.63) is 0 Å². The summed E-state index contributed by atoms with van der Waals surface area (Å²) >= 11 is 0. The van der Waals surface area contributed by atoms with Crippen LogP contribution in [0.25, 0.3) is 0 Å². The molecule has 0 heterocycles. The Bertz CT molecular complexity index is 224. The van der Waals surface area contributed by atoms with Gasteiger partial charge in [0.1, 0.15) is 6.04 Å². The second-order valence-corrected chi connectivity index (χ2v) is 3.73. The Morgan fingerprint density at radius 3 is 2.00 bits per heavy atom. The molecule has 0 aromatic rings. The number of nitrogens with one attached hydrogen (secondary N) is 1. The number of carbonyl (C=O) groups is 1. The van der Waals surface area contributed by atoms with Gasteiger partial charge in [-0.05, 0) is 6.92 Å². The third kappa shape index (κ3) is 7.57. The number of sulfonamides is 1. The Morgan fingerprint density at radius 1 is 1.55 bits per heavy atom. The van der Waals surface area contributed by atoms with Crippen molar-refractivity contribution in [2.24, 2.45) is 0 Å². The summed E-state index contributed by atoms with van der Waals surface area (Å²) in [6.07, 6.45) is 0.909. The monoisotopic (exact) mass is 203 g/mol. The summed E-state index contributed by atoms with van der Waals surface area (Å²) in [6.45, 7) is 1.25. The zero-order valence-corrected chi connectivity index (χ0v) is 7.70. The van der Waals surface area contributed by atoms with E-state index >= 15 is 0 Å². The van der Waals surface area contributed by atoms with Crippen molar-refractivity contribution < 1.29 is 18.3 Å². The van der Waals surface area contributed by atoms with Crippen LogP contribution in [0.5, 0.6) is 0 Å². The maximum Gasteiger partial charge on any atom is 0.321 e. The normalized spacial score (nSPS) is 13.3. The molecule has 0 radical (unpaired) electrons. The van der Waals surface area contributed by atoms with Crippen molar-refractivity contribution in [1.29, 1.82) is 0 Å². The third-order valence-electron chi connectivity index (χ3n) is 0.761. The van der Waals surface area contributed by atoms with E-state index in [1.807, 2.05) is 4.72 Å². The van der Waals surface area contributed by atoms with Crippen LogP contribution in [-0.4, -0.2) is 31.8 Å². The summed E-state index contributed by atoms with van der Waals surface area (Å²) in [4.78, 5) is 10.1. The molecular formula is C4H10ClNO4S. The molecule has 0 unspecified atom stereocenters. The van der Waals surface area contributed by atoms with Crippen LogP contribution in [0, 0.1) is 0 Å². The average Bonchev–Trinajstić information content (AvgIpc) is 1.60. The molecule has 0 rings (SSSR count). The Kier molecular flexibility index (Phi) is 5.46. The average molecular weight is 204 g/mol. The molecule has 0 aliphatic heterocycles. The topological polar surface area (TPSA) is 83.5 Å². The van der Waals surface area contributed by atoms with Crippen LogP contribution in [0.2, 0.25) is 0 Å².